The number of hydrogen-bond acceptors (Lipinski definition) is 1. The third-order valence-electron chi connectivity index (χ3n) is 9.13. The zero-order valence-corrected chi connectivity index (χ0v) is 22.1. The highest BCUT2D eigenvalue weighted by Gasteiger charge is 2.27. The second kappa shape index (κ2) is 7.62. The maximum Gasteiger partial charge on any atom is 0.143 e. The third-order valence-corrected chi connectivity index (χ3v) is 9.13. The van der Waals surface area contributed by atoms with Crippen LogP contribution in [0.4, 0.5) is 0 Å². The molecule has 188 valence electrons. The quantitative estimate of drug-likeness (QED) is 0.212. The molecule has 1 aromatic heterocycles. The molecule has 1 heterocycles. The lowest BCUT2D eigenvalue weighted by molar-refractivity contribution is 0.635. The summed E-state index contributed by atoms with van der Waals surface area (Å²) in [6, 6.07) is 48.4. The maximum atomic E-state index is 6.84. The van der Waals surface area contributed by atoms with Crippen molar-refractivity contribution in [2.45, 2.75) is 0 Å². The molecular weight excluding hydrogens is 496 g/mol. The van der Waals surface area contributed by atoms with Crippen molar-refractivity contribution in [3.05, 3.63) is 133 Å². The molecule has 10 rings (SSSR count). The molecule has 0 N–H and O–H groups in total. The third kappa shape index (κ3) is 2.70. The van der Waals surface area contributed by atoms with Crippen LogP contribution in [0.25, 0.3) is 98.4 Å². The van der Waals surface area contributed by atoms with Crippen molar-refractivity contribution in [3.8, 4) is 33.6 Å². The molecular formula is C40H22O. The zero-order chi connectivity index (χ0) is 26.7. The summed E-state index contributed by atoms with van der Waals surface area (Å²) in [6.45, 7) is 0. The summed E-state index contributed by atoms with van der Waals surface area (Å²) >= 11 is 0. The van der Waals surface area contributed by atoms with Crippen LogP contribution in [0.5, 0.6) is 0 Å². The Labute approximate surface area is 235 Å². The minimum atomic E-state index is 0.907. The molecule has 0 fully saturated rings. The summed E-state index contributed by atoms with van der Waals surface area (Å²) in [5, 5.41) is 14.3. The van der Waals surface area contributed by atoms with E-state index in [1.165, 1.54) is 81.5 Å². The molecule has 1 nitrogen and oxygen atoms in total. The highest BCUT2D eigenvalue weighted by Crippen LogP contribution is 2.55. The van der Waals surface area contributed by atoms with Crippen LogP contribution in [-0.4, -0.2) is 0 Å². The number of furan rings is 1. The molecule has 1 heteroatoms. The first-order chi connectivity index (χ1) is 20.3. The summed E-state index contributed by atoms with van der Waals surface area (Å²) < 4.78 is 6.84. The van der Waals surface area contributed by atoms with Gasteiger partial charge in [-0.2, -0.15) is 0 Å². The van der Waals surface area contributed by atoms with Crippen molar-refractivity contribution in [2.75, 3.05) is 0 Å². The SMILES string of the molecule is c1ccc(-c2cc3c4cc(-c5ccccc5)c5ccc6ccc7c(-c8ccccc8)cc(c3o2)c2c7c6c5c42)cc1. The molecule has 0 radical (unpaired) electrons. The fourth-order valence-corrected chi connectivity index (χ4v) is 7.40. The average molecular weight is 519 g/mol. The van der Waals surface area contributed by atoms with Crippen LogP contribution < -0.4 is 0 Å². The van der Waals surface area contributed by atoms with E-state index in [2.05, 4.69) is 133 Å². The molecule has 0 saturated heterocycles. The monoisotopic (exact) mass is 518 g/mol. The molecule has 0 aliphatic rings. The van der Waals surface area contributed by atoms with E-state index in [1.807, 2.05) is 0 Å². The molecule has 0 bridgehead atoms. The predicted molar refractivity (Wildman–Crippen MR) is 174 cm³/mol. The van der Waals surface area contributed by atoms with Crippen molar-refractivity contribution in [3.63, 3.8) is 0 Å². The lowest BCUT2D eigenvalue weighted by Crippen LogP contribution is -1.85. The molecule has 10 aromatic rings. The summed E-state index contributed by atoms with van der Waals surface area (Å²) in [5.74, 6) is 0.907. The predicted octanol–water partition coefficient (Wildman–Crippen LogP) is 11.5. The van der Waals surface area contributed by atoms with E-state index in [1.54, 1.807) is 0 Å². The van der Waals surface area contributed by atoms with Crippen LogP contribution in [0.3, 0.4) is 0 Å². The van der Waals surface area contributed by atoms with Crippen LogP contribution in [0, 0.1) is 0 Å². The number of rotatable bonds is 3. The number of fused-ring (bicyclic) bond motifs is 3. The van der Waals surface area contributed by atoms with Gasteiger partial charge in [-0.05, 0) is 83.5 Å². The van der Waals surface area contributed by atoms with Gasteiger partial charge in [-0.1, -0.05) is 115 Å². The normalized spacial score (nSPS) is 12.4. The largest absolute Gasteiger partial charge is 0.455 e. The lowest BCUT2D eigenvalue weighted by atomic mass is 9.90. The van der Waals surface area contributed by atoms with E-state index in [0.717, 1.165) is 16.9 Å². The lowest BCUT2D eigenvalue weighted by Gasteiger charge is -2.12. The van der Waals surface area contributed by atoms with E-state index in [4.69, 9.17) is 4.42 Å². The molecule has 0 aliphatic heterocycles. The van der Waals surface area contributed by atoms with Crippen LogP contribution in [0.2, 0.25) is 0 Å². The summed E-state index contributed by atoms with van der Waals surface area (Å²) in [7, 11) is 0. The second-order valence-corrected chi connectivity index (χ2v) is 11.2. The van der Waals surface area contributed by atoms with Crippen molar-refractivity contribution >= 4 is 64.8 Å². The highest BCUT2D eigenvalue weighted by atomic mass is 16.3. The van der Waals surface area contributed by atoms with Crippen LogP contribution in [0.15, 0.2) is 138 Å². The first kappa shape index (κ1) is 21.4. The minimum Gasteiger partial charge on any atom is -0.455 e. The molecule has 0 atom stereocenters. The van der Waals surface area contributed by atoms with Gasteiger partial charge in [0.2, 0.25) is 0 Å². The molecule has 9 aromatic carbocycles. The average Bonchev–Trinajstić information content (AvgIpc) is 3.65. The van der Waals surface area contributed by atoms with Crippen LogP contribution in [-0.2, 0) is 0 Å². The Bertz CT molecular complexity index is 2380. The second-order valence-electron chi connectivity index (χ2n) is 11.2. The van der Waals surface area contributed by atoms with E-state index >= 15 is 0 Å². The van der Waals surface area contributed by atoms with Gasteiger partial charge in [0, 0.05) is 21.7 Å². The molecule has 41 heavy (non-hydrogen) atoms. The Morgan fingerprint density at radius 3 is 1.41 bits per heavy atom. The Morgan fingerprint density at radius 1 is 0.341 bits per heavy atom. The molecule has 0 aliphatic carbocycles. The molecule has 0 amide bonds. The topological polar surface area (TPSA) is 13.1 Å². The van der Waals surface area contributed by atoms with Gasteiger partial charge in [-0.25, -0.2) is 0 Å². The van der Waals surface area contributed by atoms with Crippen LogP contribution in [0.1, 0.15) is 0 Å². The Morgan fingerprint density at radius 2 is 0.829 bits per heavy atom. The van der Waals surface area contributed by atoms with Gasteiger partial charge >= 0.3 is 0 Å². The Kier molecular flexibility index (Phi) is 3.98. The van der Waals surface area contributed by atoms with Gasteiger partial charge in [0.15, 0.2) is 0 Å². The smallest absolute Gasteiger partial charge is 0.143 e. The van der Waals surface area contributed by atoms with Crippen molar-refractivity contribution in [1.82, 2.24) is 0 Å². The van der Waals surface area contributed by atoms with Crippen molar-refractivity contribution < 1.29 is 4.42 Å². The van der Waals surface area contributed by atoms with Crippen molar-refractivity contribution in [2.24, 2.45) is 0 Å². The Hall–Kier alpha value is -5.40. The fraction of sp³-hybridized carbons (Fsp3) is 0. The number of benzene rings is 8. The van der Waals surface area contributed by atoms with Gasteiger partial charge in [-0.3, -0.25) is 0 Å². The van der Waals surface area contributed by atoms with Crippen molar-refractivity contribution in [1.29, 1.82) is 0 Å². The van der Waals surface area contributed by atoms with Gasteiger partial charge in [0.25, 0.3) is 0 Å². The first-order valence-electron chi connectivity index (χ1n) is 14.2. The molecule has 0 unspecified atom stereocenters. The summed E-state index contributed by atoms with van der Waals surface area (Å²) in [4.78, 5) is 0. The van der Waals surface area contributed by atoms with Gasteiger partial charge in [0.05, 0.1) is 0 Å². The maximum absolute atomic E-state index is 6.84. The molecule has 0 spiro atoms. The number of hydrogen-bond donors (Lipinski definition) is 0. The van der Waals surface area contributed by atoms with Gasteiger partial charge < -0.3 is 4.42 Å². The van der Waals surface area contributed by atoms with E-state index in [9.17, 15) is 0 Å². The van der Waals surface area contributed by atoms with Gasteiger partial charge in [0.1, 0.15) is 11.3 Å². The van der Waals surface area contributed by atoms with E-state index < -0.39 is 0 Å². The fourth-order valence-electron chi connectivity index (χ4n) is 7.40. The van der Waals surface area contributed by atoms with Gasteiger partial charge in [-0.15, -0.1) is 0 Å². The summed E-state index contributed by atoms with van der Waals surface area (Å²) in [6.07, 6.45) is 0. The van der Waals surface area contributed by atoms with E-state index in [-0.39, 0.29) is 0 Å². The zero-order valence-electron chi connectivity index (χ0n) is 22.1. The van der Waals surface area contributed by atoms with Crippen LogP contribution >= 0.6 is 0 Å². The highest BCUT2D eigenvalue weighted by molar-refractivity contribution is 6.49. The first-order valence-corrected chi connectivity index (χ1v) is 14.2. The van der Waals surface area contributed by atoms with E-state index in [0.29, 0.717) is 0 Å². The summed E-state index contributed by atoms with van der Waals surface area (Å²) in [5.41, 5.74) is 7.05. The standard InChI is InChI=1S/C40H22O/c1-4-10-23(11-5-1)29-20-31-32-22-34(25-14-8-3-9-15-25)41-40(32)33-21-30(24-12-6-2-7-13-24)28-19-17-26-16-18-27(29)36-35(26)37(28)39(33)38(31)36/h1-22H. The Balaban J connectivity index is 1.50. The minimum absolute atomic E-state index is 0.907. The molecule has 0 saturated carbocycles.